The van der Waals surface area contributed by atoms with Crippen LogP contribution < -0.4 is 10.9 Å². The quantitative estimate of drug-likeness (QED) is 0.891. The van der Waals surface area contributed by atoms with Crippen molar-refractivity contribution in [1.82, 2.24) is 9.55 Å². The molecule has 1 aliphatic carbocycles. The molecule has 0 spiro atoms. The van der Waals surface area contributed by atoms with Crippen molar-refractivity contribution in [3.05, 3.63) is 56.4 Å². The van der Waals surface area contributed by atoms with Crippen LogP contribution in [0, 0.1) is 5.82 Å². The molecule has 0 unspecified atom stereocenters. The molecule has 3 rings (SSSR count). The standard InChI is InChI=1S/C16H15BrFN3O2/c17-10-5-6-14(12(18)7-10)20-15(22)8-21-9-19-13-4-2-1-3-11(13)16(21)23/h5-7,9H,1-4,8H2,(H,20,22). The number of nitrogens with one attached hydrogen (secondary N) is 1. The molecule has 1 amide bonds. The summed E-state index contributed by atoms with van der Waals surface area (Å²) >= 11 is 3.15. The van der Waals surface area contributed by atoms with Crippen molar-refractivity contribution in [2.75, 3.05) is 5.32 Å². The van der Waals surface area contributed by atoms with Gasteiger partial charge in [-0.2, -0.15) is 0 Å². The monoisotopic (exact) mass is 379 g/mol. The van der Waals surface area contributed by atoms with Crippen LogP contribution in [0.3, 0.4) is 0 Å². The number of hydrogen-bond donors (Lipinski definition) is 1. The number of carbonyl (C=O) groups is 1. The highest BCUT2D eigenvalue weighted by atomic mass is 79.9. The van der Waals surface area contributed by atoms with Gasteiger partial charge in [-0.3, -0.25) is 14.2 Å². The highest BCUT2D eigenvalue weighted by Crippen LogP contribution is 2.19. The number of fused-ring (bicyclic) bond motifs is 1. The van der Waals surface area contributed by atoms with Gasteiger partial charge >= 0.3 is 0 Å². The van der Waals surface area contributed by atoms with Crippen molar-refractivity contribution in [1.29, 1.82) is 0 Å². The molecule has 1 aromatic carbocycles. The number of aromatic nitrogens is 2. The van der Waals surface area contributed by atoms with E-state index in [4.69, 9.17) is 0 Å². The van der Waals surface area contributed by atoms with Crippen molar-refractivity contribution in [3.8, 4) is 0 Å². The third-order valence-corrected chi connectivity index (χ3v) is 4.32. The second-order valence-corrected chi connectivity index (χ2v) is 6.40. The molecule has 0 fully saturated rings. The summed E-state index contributed by atoms with van der Waals surface area (Å²) in [5.74, 6) is -1.01. The molecule has 5 nitrogen and oxygen atoms in total. The minimum absolute atomic E-state index is 0.0807. The van der Waals surface area contributed by atoms with Crippen LogP contribution >= 0.6 is 15.9 Å². The molecule has 0 bridgehead atoms. The van der Waals surface area contributed by atoms with E-state index in [-0.39, 0.29) is 17.8 Å². The third-order valence-electron chi connectivity index (χ3n) is 3.83. The number of benzene rings is 1. The molecule has 0 radical (unpaired) electrons. The van der Waals surface area contributed by atoms with Gasteiger partial charge in [0.05, 0.1) is 17.7 Å². The van der Waals surface area contributed by atoms with E-state index in [1.165, 1.54) is 23.0 Å². The molecule has 7 heteroatoms. The van der Waals surface area contributed by atoms with Crippen LogP contribution in [0.5, 0.6) is 0 Å². The maximum Gasteiger partial charge on any atom is 0.257 e. The number of hydrogen-bond acceptors (Lipinski definition) is 3. The van der Waals surface area contributed by atoms with Gasteiger partial charge in [-0.05, 0) is 43.9 Å². The molecule has 2 aromatic rings. The Morgan fingerprint density at radius 2 is 2.13 bits per heavy atom. The first kappa shape index (κ1) is 15.9. The lowest BCUT2D eigenvalue weighted by molar-refractivity contribution is -0.116. The average Bonchev–Trinajstić information content (AvgIpc) is 2.53. The minimum Gasteiger partial charge on any atom is -0.322 e. The lowest BCUT2D eigenvalue weighted by atomic mass is 9.97. The lowest BCUT2D eigenvalue weighted by Crippen LogP contribution is -2.32. The van der Waals surface area contributed by atoms with Crippen LogP contribution in [0.15, 0.2) is 33.8 Å². The molecule has 0 saturated carbocycles. The number of aryl methyl sites for hydroxylation is 1. The summed E-state index contributed by atoms with van der Waals surface area (Å²) in [5, 5.41) is 2.47. The zero-order valence-electron chi connectivity index (χ0n) is 12.3. The SMILES string of the molecule is O=C(Cn1cnc2c(c1=O)CCCC2)Nc1ccc(Br)cc1F. The minimum atomic E-state index is -0.538. The number of anilines is 1. The second-order valence-electron chi connectivity index (χ2n) is 5.48. The maximum absolute atomic E-state index is 13.7. The van der Waals surface area contributed by atoms with Gasteiger partial charge in [0.1, 0.15) is 12.4 Å². The number of rotatable bonds is 3. The Bertz CT molecular complexity index is 819. The fraction of sp³-hybridized carbons (Fsp3) is 0.312. The molecular formula is C16H15BrFN3O2. The van der Waals surface area contributed by atoms with Gasteiger partial charge in [0, 0.05) is 10.0 Å². The highest BCUT2D eigenvalue weighted by Gasteiger charge is 2.17. The number of halogens is 2. The first-order chi connectivity index (χ1) is 11.0. The number of nitrogens with zero attached hydrogens (tertiary/aromatic N) is 2. The van der Waals surface area contributed by atoms with Crippen molar-refractivity contribution >= 4 is 27.5 Å². The predicted octanol–water partition coefficient (Wildman–Crippen LogP) is 2.66. The molecule has 1 aromatic heterocycles. The van der Waals surface area contributed by atoms with Crippen LogP contribution in [0.2, 0.25) is 0 Å². The second kappa shape index (κ2) is 6.62. The fourth-order valence-electron chi connectivity index (χ4n) is 2.68. The molecule has 1 N–H and O–H groups in total. The molecule has 1 heterocycles. The molecule has 1 aliphatic rings. The Morgan fingerprint density at radius 3 is 2.91 bits per heavy atom. The van der Waals surface area contributed by atoms with E-state index in [0.717, 1.165) is 25.0 Å². The van der Waals surface area contributed by atoms with Gasteiger partial charge in [-0.15, -0.1) is 0 Å². The van der Waals surface area contributed by atoms with Gasteiger partial charge in [0.25, 0.3) is 5.56 Å². The van der Waals surface area contributed by atoms with Crippen molar-refractivity contribution in [3.63, 3.8) is 0 Å². The van der Waals surface area contributed by atoms with Crippen LogP contribution in [0.1, 0.15) is 24.1 Å². The lowest BCUT2D eigenvalue weighted by Gasteiger charge is -2.15. The van der Waals surface area contributed by atoms with Gasteiger partial charge in [-0.1, -0.05) is 15.9 Å². The predicted molar refractivity (Wildman–Crippen MR) is 87.9 cm³/mol. The van der Waals surface area contributed by atoms with Crippen molar-refractivity contribution in [2.24, 2.45) is 0 Å². The molecule has 0 atom stereocenters. The third kappa shape index (κ3) is 3.50. The van der Waals surface area contributed by atoms with Gasteiger partial charge in [0.2, 0.25) is 5.91 Å². The summed E-state index contributed by atoms with van der Waals surface area (Å²) in [4.78, 5) is 28.7. The summed E-state index contributed by atoms with van der Waals surface area (Å²) < 4.78 is 15.6. The fourth-order valence-corrected chi connectivity index (χ4v) is 3.01. The Hall–Kier alpha value is -2.02. The first-order valence-electron chi connectivity index (χ1n) is 7.36. The maximum atomic E-state index is 13.7. The van der Waals surface area contributed by atoms with E-state index >= 15 is 0 Å². The first-order valence-corrected chi connectivity index (χ1v) is 8.16. The van der Waals surface area contributed by atoms with E-state index < -0.39 is 11.7 Å². The zero-order chi connectivity index (χ0) is 16.4. The Morgan fingerprint density at radius 1 is 1.35 bits per heavy atom. The summed E-state index contributed by atoms with van der Waals surface area (Å²) in [6.45, 7) is -0.186. The van der Waals surface area contributed by atoms with Gasteiger partial charge in [-0.25, -0.2) is 9.37 Å². The van der Waals surface area contributed by atoms with Crippen LogP contribution in [0.25, 0.3) is 0 Å². The molecule has 0 saturated heterocycles. The average molecular weight is 380 g/mol. The number of amides is 1. The molecule has 0 aliphatic heterocycles. The molecular weight excluding hydrogens is 365 g/mol. The summed E-state index contributed by atoms with van der Waals surface area (Å²) in [6.07, 6.45) is 4.90. The largest absolute Gasteiger partial charge is 0.322 e. The summed E-state index contributed by atoms with van der Waals surface area (Å²) in [7, 11) is 0. The van der Waals surface area contributed by atoms with Crippen molar-refractivity contribution in [2.45, 2.75) is 32.2 Å². The molecule has 120 valence electrons. The zero-order valence-corrected chi connectivity index (χ0v) is 13.9. The van der Waals surface area contributed by atoms with E-state index in [1.807, 2.05) is 0 Å². The Kier molecular flexibility index (Phi) is 4.56. The van der Waals surface area contributed by atoms with E-state index in [9.17, 15) is 14.0 Å². The normalized spacial score (nSPS) is 13.5. The van der Waals surface area contributed by atoms with Crippen LogP contribution in [-0.4, -0.2) is 15.5 Å². The summed E-state index contributed by atoms with van der Waals surface area (Å²) in [5.41, 5.74) is 1.43. The van der Waals surface area contributed by atoms with Crippen LogP contribution in [-0.2, 0) is 24.2 Å². The smallest absolute Gasteiger partial charge is 0.257 e. The Balaban J connectivity index is 1.77. The Labute approximate surface area is 140 Å². The molecule has 23 heavy (non-hydrogen) atoms. The highest BCUT2D eigenvalue weighted by molar-refractivity contribution is 9.10. The van der Waals surface area contributed by atoms with E-state index in [0.29, 0.717) is 16.5 Å². The van der Waals surface area contributed by atoms with E-state index in [2.05, 4.69) is 26.2 Å². The van der Waals surface area contributed by atoms with Gasteiger partial charge in [0.15, 0.2) is 0 Å². The number of carbonyl (C=O) groups excluding carboxylic acids is 1. The topological polar surface area (TPSA) is 64.0 Å². The van der Waals surface area contributed by atoms with Crippen molar-refractivity contribution < 1.29 is 9.18 Å². The van der Waals surface area contributed by atoms with E-state index in [1.54, 1.807) is 6.07 Å². The van der Waals surface area contributed by atoms with Crippen LogP contribution in [0.4, 0.5) is 10.1 Å². The van der Waals surface area contributed by atoms with Gasteiger partial charge < -0.3 is 5.32 Å². The summed E-state index contributed by atoms with van der Waals surface area (Å²) in [6, 6.07) is 4.36.